The van der Waals surface area contributed by atoms with Crippen LogP contribution in [0.2, 0.25) is 0 Å². The molecule has 0 unspecified atom stereocenters. The van der Waals surface area contributed by atoms with Crippen molar-refractivity contribution in [3.05, 3.63) is 48.0 Å². The van der Waals surface area contributed by atoms with Crippen molar-refractivity contribution in [2.75, 3.05) is 18.7 Å². The van der Waals surface area contributed by atoms with Crippen LogP contribution in [0.25, 0.3) is 10.2 Å². The minimum atomic E-state index is -0.246. The van der Waals surface area contributed by atoms with Gasteiger partial charge in [0.2, 0.25) is 6.79 Å². The minimum Gasteiger partial charge on any atom is -0.454 e. The molecular formula is C18H16N4O3S. The average molecular weight is 368 g/mol. The van der Waals surface area contributed by atoms with Gasteiger partial charge in [-0.15, -0.1) is 0 Å². The Labute approximate surface area is 153 Å². The van der Waals surface area contributed by atoms with Crippen LogP contribution in [-0.2, 0) is 4.79 Å². The number of ether oxygens (including phenoxy) is 2. The molecule has 2 heterocycles. The number of hydrogen-bond acceptors (Lipinski definition) is 7. The van der Waals surface area contributed by atoms with Gasteiger partial charge in [-0.1, -0.05) is 23.5 Å². The normalized spacial score (nSPS) is 13.0. The van der Waals surface area contributed by atoms with Crippen molar-refractivity contribution in [2.24, 2.45) is 5.10 Å². The molecule has 132 valence electrons. The Morgan fingerprint density at radius 2 is 2.08 bits per heavy atom. The summed E-state index contributed by atoms with van der Waals surface area (Å²) in [5, 5.41) is 7.87. The number of nitrogens with one attached hydrogen (secondary N) is 2. The number of para-hydroxylation sites is 1. The zero-order valence-electron chi connectivity index (χ0n) is 14.0. The van der Waals surface area contributed by atoms with Gasteiger partial charge in [0.1, 0.15) is 0 Å². The van der Waals surface area contributed by atoms with E-state index in [1.54, 1.807) is 0 Å². The predicted octanol–water partition coefficient (Wildman–Crippen LogP) is 2.98. The lowest BCUT2D eigenvalue weighted by Crippen LogP contribution is -2.26. The summed E-state index contributed by atoms with van der Waals surface area (Å²) in [7, 11) is 0. The SMILES string of the molecule is C/C(=N/NC(=O)CNc1nc2ccccc2s1)c1ccc2c(c1)OCO2. The third kappa shape index (κ3) is 3.45. The molecule has 2 aromatic carbocycles. The van der Waals surface area contributed by atoms with E-state index in [0.29, 0.717) is 22.3 Å². The summed E-state index contributed by atoms with van der Waals surface area (Å²) in [6.07, 6.45) is 0. The number of hydrogen-bond donors (Lipinski definition) is 2. The van der Waals surface area contributed by atoms with Gasteiger partial charge in [-0.3, -0.25) is 4.79 Å². The maximum Gasteiger partial charge on any atom is 0.259 e. The van der Waals surface area contributed by atoms with Crippen LogP contribution in [0.3, 0.4) is 0 Å². The van der Waals surface area contributed by atoms with E-state index in [0.717, 1.165) is 15.8 Å². The van der Waals surface area contributed by atoms with Gasteiger partial charge in [0.15, 0.2) is 16.6 Å². The van der Waals surface area contributed by atoms with E-state index in [4.69, 9.17) is 9.47 Å². The molecule has 0 saturated heterocycles. The van der Waals surface area contributed by atoms with Gasteiger partial charge >= 0.3 is 0 Å². The van der Waals surface area contributed by atoms with Gasteiger partial charge < -0.3 is 14.8 Å². The number of fused-ring (bicyclic) bond motifs is 2. The topological polar surface area (TPSA) is 84.8 Å². The molecule has 1 aliphatic heterocycles. The number of hydrazone groups is 1. The van der Waals surface area contributed by atoms with Crippen LogP contribution in [0.4, 0.5) is 5.13 Å². The lowest BCUT2D eigenvalue weighted by molar-refractivity contribution is -0.119. The van der Waals surface area contributed by atoms with E-state index in [2.05, 4.69) is 20.8 Å². The van der Waals surface area contributed by atoms with Gasteiger partial charge in [-0.25, -0.2) is 10.4 Å². The number of rotatable bonds is 5. The fourth-order valence-electron chi connectivity index (χ4n) is 2.48. The van der Waals surface area contributed by atoms with Crippen LogP contribution in [0.15, 0.2) is 47.6 Å². The summed E-state index contributed by atoms with van der Waals surface area (Å²) >= 11 is 1.51. The van der Waals surface area contributed by atoms with E-state index >= 15 is 0 Å². The first-order chi connectivity index (χ1) is 12.7. The Balaban J connectivity index is 1.34. The number of amides is 1. The van der Waals surface area contributed by atoms with Crippen molar-refractivity contribution in [2.45, 2.75) is 6.92 Å². The summed E-state index contributed by atoms with van der Waals surface area (Å²) in [6.45, 7) is 2.14. The Morgan fingerprint density at radius 3 is 2.96 bits per heavy atom. The van der Waals surface area contributed by atoms with Crippen molar-refractivity contribution in [1.29, 1.82) is 0 Å². The third-order valence-corrected chi connectivity index (χ3v) is 4.83. The Morgan fingerprint density at radius 1 is 1.23 bits per heavy atom. The van der Waals surface area contributed by atoms with Crippen LogP contribution in [0.5, 0.6) is 11.5 Å². The number of aromatic nitrogens is 1. The molecular weight excluding hydrogens is 352 g/mol. The molecule has 4 rings (SSSR count). The lowest BCUT2D eigenvalue weighted by Gasteiger charge is -2.04. The predicted molar refractivity (Wildman–Crippen MR) is 101 cm³/mol. The largest absolute Gasteiger partial charge is 0.454 e. The molecule has 7 nitrogen and oxygen atoms in total. The smallest absolute Gasteiger partial charge is 0.259 e. The minimum absolute atomic E-state index is 0.0950. The molecule has 0 spiro atoms. The summed E-state index contributed by atoms with van der Waals surface area (Å²) in [4.78, 5) is 16.4. The van der Waals surface area contributed by atoms with E-state index in [-0.39, 0.29) is 19.2 Å². The summed E-state index contributed by atoms with van der Waals surface area (Å²) in [6, 6.07) is 13.4. The molecule has 1 aromatic heterocycles. The molecule has 0 saturated carbocycles. The molecule has 1 amide bonds. The maximum absolute atomic E-state index is 12.0. The Bertz CT molecular complexity index is 966. The van der Waals surface area contributed by atoms with E-state index in [9.17, 15) is 4.79 Å². The molecule has 8 heteroatoms. The van der Waals surface area contributed by atoms with Gasteiger partial charge in [-0.05, 0) is 37.3 Å². The first-order valence-corrected chi connectivity index (χ1v) is 8.83. The van der Waals surface area contributed by atoms with Crippen molar-refractivity contribution in [1.82, 2.24) is 10.4 Å². The molecule has 1 aliphatic rings. The van der Waals surface area contributed by atoms with Gasteiger partial charge in [-0.2, -0.15) is 5.10 Å². The summed E-state index contributed by atoms with van der Waals surface area (Å²) < 4.78 is 11.7. The van der Waals surface area contributed by atoms with Gasteiger partial charge in [0.05, 0.1) is 22.5 Å². The van der Waals surface area contributed by atoms with E-state index in [1.165, 1.54) is 11.3 Å². The second-order valence-electron chi connectivity index (χ2n) is 5.64. The molecule has 0 aliphatic carbocycles. The van der Waals surface area contributed by atoms with Gasteiger partial charge in [0, 0.05) is 5.56 Å². The standard InChI is InChI=1S/C18H16N4O3S/c1-11(12-6-7-14-15(8-12)25-10-24-14)21-22-17(23)9-19-18-20-13-4-2-3-5-16(13)26-18/h2-8H,9-10H2,1H3,(H,19,20)(H,22,23)/b21-11-. The summed E-state index contributed by atoms with van der Waals surface area (Å²) in [5.41, 5.74) is 4.99. The van der Waals surface area contributed by atoms with Crippen molar-refractivity contribution in [3.8, 4) is 11.5 Å². The fraction of sp³-hybridized carbons (Fsp3) is 0.167. The molecule has 0 atom stereocenters. The third-order valence-electron chi connectivity index (χ3n) is 3.83. The number of carbonyl (C=O) groups is 1. The number of anilines is 1. The molecule has 0 radical (unpaired) electrons. The highest BCUT2D eigenvalue weighted by Gasteiger charge is 2.14. The van der Waals surface area contributed by atoms with Crippen molar-refractivity contribution < 1.29 is 14.3 Å². The van der Waals surface area contributed by atoms with Crippen molar-refractivity contribution >= 4 is 38.3 Å². The Kier molecular flexibility index (Phi) is 4.40. The van der Waals surface area contributed by atoms with Crippen LogP contribution in [-0.4, -0.2) is 29.9 Å². The zero-order valence-corrected chi connectivity index (χ0v) is 14.8. The van der Waals surface area contributed by atoms with E-state index < -0.39 is 0 Å². The van der Waals surface area contributed by atoms with Gasteiger partial charge in [0.25, 0.3) is 5.91 Å². The van der Waals surface area contributed by atoms with E-state index in [1.807, 2.05) is 49.4 Å². The highest BCUT2D eigenvalue weighted by Crippen LogP contribution is 2.32. The molecule has 3 aromatic rings. The zero-order chi connectivity index (χ0) is 17.9. The summed E-state index contributed by atoms with van der Waals surface area (Å²) in [5.74, 6) is 1.15. The number of benzene rings is 2. The molecule has 0 fully saturated rings. The van der Waals surface area contributed by atoms with Crippen LogP contribution in [0, 0.1) is 0 Å². The first-order valence-electron chi connectivity index (χ1n) is 8.01. The maximum atomic E-state index is 12.0. The fourth-order valence-corrected chi connectivity index (χ4v) is 3.34. The molecule has 26 heavy (non-hydrogen) atoms. The van der Waals surface area contributed by atoms with Crippen LogP contribution >= 0.6 is 11.3 Å². The lowest BCUT2D eigenvalue weighted by atomic mass is 10.1. The number of thiazole rings is 1. The second-order valence-corrected chi connectivity index (χ2v) is 6.67. The molecule has 0 bridgehead atoms. The van der Waals surface area contributed by atoms with Crippen LogP contribution in [0.1, 0.15) is 12.5 Å². The monoisotopic (exact) mass is 368 g/mol. The van der Waals surface area contributed by atoms with Crippen LogP contribution < -0.4 is 20.2 Å². The highest BCUT2D eigenvalue weighted by atomic mass is 32.1. The average Bonchev–Trinajstić information content (AvgIpc) is 3.29. The number of nitrogens with zero attached hydrogens (tertiary/aromatic N) is 2. The highest BCUT2D eigenvalue weighted by molar-refractivity contribution is 7.22. The number of carbonyl (C=O) groups excluding carboxylic acids is 1. The quantitative estimate of drug-likeness (QED) is 0.534. The molecule has 2 N–H and O–H groups in total. The second kappa shape index (κ2) is 7.01. The Hall–Kier alpha value is -3.13. The van der Waals surface area contributed by atoms with Crippen molar-refractivity contribution in [3.63, 3.8) is 0 Å². The first kappa shape index (κ1) is 16.3.